The number of rotatable bonds is 5. The van der Waals surface area contributed by atoms with Gasteiger partial charge in [0.25, 0.3) is 0 Å². The van der Waals surface area contributed by atoms with E-state index in [4.69, 9.17) is 5.11 Å². The van der Waals surface area contributed by atoms with E-state index >= 15 is 0 Å². The number of carbonyl (C=O) groups excluding carboxylic acids is 1. The first kappa shape index (κ1) is 12.2. The third-order valence-corrected chi connectivity index (χ3v) is 3.56. The molecule has 1 atom stereocenters. The summed E-state index contributed by atoms with van der Waals surface area (Å²) in [4.78, 5) is 24.1. The van der Waals surface area contributed by atoms with Crippen molar-refractivity contribution in [3.63, 3.8) is 0 Å². The fraction of sp³-hybridized carbons (Fsp3) is 0.833. The van der Waals surface area contributed by atoms with E-state index in [1.54, 1.807) is 0 Å². The Hall–Kier alpha value is -1.26. The van der Waals surface area contributed by atoms with Crippen LogP contribution in [0, 0.1) is 5.92 Å². The monoisotopic (exact) mass is 240 g/mol. The number of carboxylic acids is 1. The lowest BCUT2D eigenvalue weighted by atomic mass is 10.2. The van der Waals surface area contributed by atoms with Crippen molar-refractivity contribution in [2.24, 2.45) is 5.92 Å². The van der Waals surface area contributed by atoms with Crippen molar-refractivity contribution < 1.29 is 14.7 Å². The van der Waals surface area contributed by atoms with Crippen molar-refractivity contribution in [3.8, 4) is 0 Å². The Morgan fingerprint density at radius 3 is 2.71 bits per heavy atom. The van der Waals surface area contributed by atoms with Crippen LogP contribution in [0.5, 0.6) is 0 Å². The minimum Gasteiger partial charge on any atom is -0.480 e. The summed E-state index contributed by atoms with van der Waals surface area (Å²) in [6.45, 7) is 1.23. The van der Waals surface area contributed by atoms with Crippen LogP contribution in [0.4, 0.5) is 4.79 Å². The molecule has 1 heterocycles. The molecule has 2 N–H and O–H groups in total. The van der Waals surface area contributed by atoms with Crippen LogP contribution >= 0.6 is 0 Å². The van der Waals surface area contributed by atoms with Crippen molar-refractivity contribution in [1.82, 2.24) is 10.2 Å². The molecule has 2 rings (SSSR count). The highest BCUT2D eigenvalue weighted by atomic mass is 16.4. The van der Waals surface area contributed by atoms with Gasteiger partial charge in [-0.15, -0.1) is 0 Å². The third kappa shape index (κ3) is 3.35. The van der Waals surface area contributed by atoms with Crippen molar-refractivity contribution in [2.75, 3.05) is 13.1 Å². The minimum absolute atomic E-state index is 0.217. The first-order valence-electron chi connectivity index (χ1n) is 6.46. The number of carboxylic acid groups (broad SMARTS) is 1. The smallest absolute Gasteiger partial charge is 0.326 e. The number of hydrogen-bond donors (Lipinski definition) is 2. The molecule has 0 unspecified atom stereocenters. The summed E-state index contributed by atoms with van der Waals surface area (Å²) in [5.74, 6) is -0.0129. The van der Waals surface area contributed by atoms with Gasteiger partial charge in [-0.3, -0.25) is 0 Å². The van der Waals surface area contributed by atoms with Gasteiger partial charge in [-0.1, -0.05) is 12.8 Å². The maximum atomic E-state index is 11.8. The standard InChI is InChI=1S/C12H20N2O3/c15-11(16)10-4-2-8-14(10)12(17)13-7-1-3-9-5-6-9/h9-10H,1-8H2,(H,13,17)(H,15,16)/t10-/m1/s1. The Labute approximate surface area is 101 Å². The lowest BCUT2D eigenvalue weighted by Gasteiger charge is -2.21. The highest BCUT2D eigenvalue weighted by Gasteiger charge is 2.33. The van der Waals surface area contributed by atoms with Crippen molar-refractivity contribution in [2.45, 2.75) is 44.6 Å². The second kappa shape index (κ2) is 5.38. The molecule has 2 fully saturated rings. The summed E-state index contributed by atoms with van der Waals surface area (Å²) in [6, 6.07) is -0.843. The molecule has 1 saturated carbocycles. The van der Waals surface area contributed by atoms with Gasteiger partial charge in [-0.2, -0.15) is 0 Å². The predicted molar refractivity (Wildman–Crippen MR) is 62.7 cm³/mol. The lowest BCUT2D eigenvalue weighted by Crippen LogP contribution is -2.46. The number of carbonyl (C=O) groups is 2. The van der Waals surface area contributed by atoms with Gasteiger partial charge in [0.15, 0.2) is 0 Å². The SMILES string of the molecule is O=C(O)[C@H]1CCCN1C(=O)NCCCC1CC1. The number of urea groups is 1. The average Bonchev–Trinajstić information content (AvgIpc) is 2.97. The molecule has 0 aromatic rings. The zero-order chi connectivity index (χ0) is 12.3. The van der Waals surface area contributed by atoms with Gasteiger partial charge in [-0.05, 0) is 31.6 Å². The molecule has 0 radical (unpaired) electrons. The fourth-order valence-corrected chi connectivity index (χ4v) is 2.36. The molecule has 2 amide bonds. The van der Waals surface area contributed by atoms with E-state index in [1.807, 2.05) is 0 Å². The molecule has 0 aromatic carbocycles. The van der Waals surface area contributed by atoms with E-state index in [-0.39, 0.29) is 6.03 Å². The van der Waals surface area contributed by atoms with Crippen LogP contribution < -0.4 is 5.32 Å². The van der Waals surface area contributed by atoms with E-state index < -0.39 is 12.0 Å². The van der Waals surface area contributed by atoms with Gasteiger partial charge in [0.1, 0.15) is 6.04 Å². The fourth-order valence-electron chi connectivity index (χ4n) is 2.36. The maximum Gasteiger partial charge on any atom is 0.326 e. The molecule has 1 saturated heterocycles. The second-order valence-corrected chi connectivity index (χ2v) is 5.01. The molecule has 5 nitrogen and oxygen atoms in total. The average molecular weight is 240 g/mol. The number of aliphatic carboxylic acids is 1. The van der Waals surface area contributed by atoms with E-state index in [2.05, 4.69) is 5.32 Å². The van der Waals surface area contributed by atoms with Crippen LogP contribution in [-0.2, 0) is 4.79 Å². The topological polar surface area (TPSA) is 69.6 Å². The van der Waals surface area contributed by atoms with Gasteiger partial charge < -0.3 is 15.3 Å². The first-order valence-corrected chi connectivity index (χ1v) is 6.46. The molecular formula is C12H20N2O3. The summed E-state index contributed by atoms with van der Waals surface area (Å²) in [7, 11) is 0. The summed E-state index contributed by atoms with van der Waals surface area (Å²) in [6.07, 6.45) is 6.21. The quantitative estimate of drug-likeness (QED) is 0.714. The molecule has 17 heavy (non-hydrogen) atoms. The van der Waals surface area contributed by atoms with Gasteiger partial charge >= 0.3 is 12.0 Å². The van der Waals surface area contributed by atoms with Crippen LogP contribution in [-0.4, -0.2) is 41.1 Å². The summed E-state index contributed by atoms with van der Waals surface area (Å²) in [5, 5.41) is 11.8. The van der Waals surface area contributed by atoms with E-state index in [0.717, 1.165) is 18.8 Å². The van der Waals surface area contributed by atoms with Crippen molar-refractivity contribution >= 4 is 12.0 Å². The van der Waals surface area contributed by atoms with Gasteiger partial charge in [0.2, 0.25) is 0 Å². The summed E-state index contributed by atoms with van der Waals surface area (Å²) in [5.41, 5.74) is 0. The molecule has 1 aliphatic heterocycles. The molecule has 2 aliphatic rings. The molecule has 5 heteroatoms. The van der Waals surface area contributed by atoms with E-state index in [0.29, 0.717) is 19.5 Å². The van der Waals surface area contributed by atoms with Gasteiger partial charge in [0, 0.05) is 13.1 Å². The number of likely N-dealkylation sites (tertiary alicyclic amines) is 1. The van der Waals surface area contributed by atoms with E-state index in [1.165, 1.54) is 24.2 Å². The molecule has 0 bridgehead atoms. The normalized spacial score (nSPS) is 23.8. The van der Waals surface area contributed by atoms with Crippen LogP contribution in [0.3, 0.4) is 0 Å². The number of nitrogens with zero attached hydrogens (tertiary/aromatic N) is 1. The number of nitrogens with one attached hydrogen (secondary N) is 1. The van der Waals surface area contributed by atoms with E-state index in [9.17, 15) is 9.59 Å². The highest BCUT2D eigenvalue weighted by molar-refractivity contribution is 5.83. The molecule has 0 aromatic heterocycles. The first-order chi connectivity index (χ1) is 8.18. The second-order valence-electron chi connectivity index (χ2n) is 5.01. The van der Waals surface area contributed by atoms with Gasteiger partial charge in [-0.25, -0.2) is 9.59 Å². The predicted octanol–water partition coefficient (Wildman–Crippen LogP) is 1.44. The molecule has 0 spiro atoms. The van der Waals surface area contributed by atoms with Crippen molar-refractivity contribution in [1.29, 1.82) is 0 Å². The third-order valence-electron chi connectivity index (χ3n) is 3.56. The Kier molecular flexibility index (Phi) is 3.86. The lowest BCUT2D eigenvalue weighted by molar-refractivity contribution is -0.141. The molecule has 96 valence electrons. The van der Waals surface area contributed by atoms with Crippen LogP contribution in [0.15, 0.2) is 0 Å². The Bertz CT molecular complexity index is 302. The van der Waals surface area contributed by atoms with Crippen LogP contribution in [0.2, 0.25) is 0 Å². The summed E-state index contributed by atoms with van der Waals surface area (Å²) < 4.78 is 0. The Morgan fingerprint density at radius 1 is 1.29 bits per heavy atom. The van der Waals surface area contributed by atoms with Crippen LogP contribution in [0.25, 0.3) is 0 Å². The van der Waals surface area contributed by atoms with Gasteiger partial charge in [0.05, 0.1) is 0 Å². The Morgan fingerprint density at radius 2 is 2.06 bits per heavy atom. The Balaban J connectivity index is 1.68. The zero-order valence-corrected chi connectivity index (χ0v) is 10.0. The minimum atomic E-state index is -0.893. The number of amides is 2. The molecular weight excluding hydrogens is 220 g/mol. The summed E-state index contributed by atoms with van der Waals surface area (Å²) >= 11 is 0. The molecule has 1 aliphatic carbocycles. The largest absolute Gasteiger partial charge is 0.480 e. The zero-order valence-electron chi connectivity index (χ0n) is 10.0. The van der Waals surface area contributed by atoms with Crippen molar-refractivity contribution in [3.05, 3.63) is 0 Å². The number of hydrogen-bond acceptors (Lipinski definition) is 2. The van der Waals surface area contributed by atoms with Crippen LogP contribution in [0.1, 0.15) is 38.5 Å². The maximum absolute atomic E-state index is 11.8. The highest BCUT2D eigenvalue weighted by Crippen LogP contribution is 2.33.